The normalized spacial score (nSPS) is 24.6. The molecule has 2 aliphatic rings. The number of aliphatic hydroxyl groups is 1. The number of aliphatic hydroxyl groups excluding tert-OH is 1. The Labute approximate surface area is 116 Å². The van der Waals surface area contributed by atoms with Crippen LogP contribution in [0.5, 0.6) is 0 Å². The van der Waals surface area contributed by atoms with Gasteiger partial charge in [-0.25, -0.2) is 0 Å². The third kappa shape index (κ3) is 2.66. The first-order valence-corrected chi connectivity index (χ1v) is 8.72. The highest BCUT2D eigenvalue weighted by Crippen LogP contribution is 2.39. The van der Waals surface area contributed by atoms with Gasteiger partial charge in [0.1, 0.15) is 11.0 Å². The van der Waals surface area contributed by atoms with Gasteiger partial charge in [0, 0.05) is 5.57 Å². The summed E-state index contributed by atoms with van der Waals surface area (Å²) in [6.07, 6.45) is 1.37. The third-order valence-electron chi connectivity index (χ3n) is 3.59. The largest absolute Gasteiger partial charge is 0.507 e. The fourth-order valence-electron chi connectivity index (χ4n) is 2.47. The van der Waals surface area contributed by atoms with E-state index in [0.29, 0.717) is 5.57 Å². The first-order valence-electron chi connectivity index (χ1n) is 5.78. The summed E-state index contributed by atoms with van der Waals surface area (Å²) in [7, 11) is -8.67. The monoisotopic (exact) mass is 322 g/mol. The molecule has 1 atom stereocenters. The van der Waals surface area contributed by atoms with Crippen LogP contribution < -0.4 is 0 Å². The van der Waals surface area contributed by atoms with E-state index < -0.39 is 25.5 Å². The predicted molar refractivity (Wildman–Crippen MR) is 71.2 cm³/mol. The van der Waals surface area contributed by atoms with Crippen LogP contribution in [0.1, 0.15) is 26.2 Å². The number of allylic oxidation sites excluding steroid dienone is 3. The van der Waals surface area contributed by atoms with E-state index in [4.69, 9.17) is 9.11 Å². The molecule has 0 saturated heterocycles. The topological polar surface area (TPSA) is 129 Å². The molecule has 0 aromatic heterocycles. The van der Waals surface area contributed by atoms with Crippen LogP contribution in [0.3, 0.4) is 0 Å². The van der Waals surface area contributed by atoms with Gasteiger partial charge in [-0.2, -0.15) is 16.8 Å². The van der Waals surface area contributed by atoms with Crippen LogP contribution in [0.4, 0.5) is 0 Å². The van der Waals surface area contributed by atoms with Crippen LogP contribution in [0.2, 0.25) is 0 Å². The zero-order valence-corrected chi connectivity index (χ0v) is 12.2. The standard InChI is InChI=1S/C11H14O7S2/c1-6-10(20(16,17)18)4-7-2-3-8(19(13,14)15)5-9(7)11(6)12/h5,10,12H,2-4H2,1H3,(H,13,14,15)(H,16,17,18). The zero-order chi connectivity index (χ0) is 15.3. The molecule has 2 rings (SSSR count). The van der Waals surface area contributed by atoms with E-state index in [1.54, 1.807) is 0 Å². The molecular formula is C11H14O7S2. The van der Waals surface area contributed by atoms with E-state index in [0.717, 1.165) is 6.08 Å². The van der Waals surface area contributed by atoms with Crippen LogP contribution in [-0.4, -0.2) is 36.3 Å². The summed E-state index contributed by atoms with van der Waals surface area (Å²) in [5.74, 6) is -0.366. The van der Waals surface area contributed by atoms with Gasteiger partial charge in [0.05, 0.1) is 4.91 Å². The molecule has 0 radical (unpaired) electrons. The van der Waals surface area contributed by atoms with Gasteiger partial charge in [0.25, 0.3) is 20.2 Å². The Balaban J connectivity index is 2.54. The lowest BCUT2D eigenvalue weighted by Crippen LogP contribution is -2.28. The van der Waals surface area contributed by atoms with Crippen LogP contribution in [0.25, 0.3) is 0 Å². The van der Waals surface area contributed by atoms with Gasteiger partial charge >= 0.3 is 0 Å². The average Bonchev–Trinajstić information content (AvgIpc) is 2.30. The Morgan fingerprint density at radius 2 is 1.75 bits per heavy atom. The Hall–Kier alpha value is -1.16. The molecule has 0 spiro atoms. The van der Waals surface area contributed by atoms with Gasteiger partial charge < -0.3 is 5.11 Å². The van der Waals surface area contributed by atoms with Crippen molar-refractivity contribution in [3.63, 3.8) is 0 Å². The van der Waals surface area contributed by atoms with Crippen molar-refractivity contribution in [2.45, 2.75) is 31.4 Å². The summed E-state index contributed by atoms with van der Waals surface area (Å²) in [6, 6.07) is 0. The van der Waals surface area contributed by atoms with Crippen molar-refractivity contribution in [2.24, 2.45) is 0 Å². The molecule has 0 heterocycles. The molecule has 0 fully saturated rings. The summed E-state index contributed by atoms with van der Waals surface area (Å²) in [6.45, 7) is 1.35. The van der Waals surface area contributed by atoms with Crippen LogP contribution in [0, 0.1) is 0 Å². The van der Waals surface area contributed by atoms with Crippen molar-refractivity contribution in [3.8, 4) is 0 Å². The van der Waals surface area contributed by atoms with Gasteiger partial charge in [-0.3, -0.25) is 9.11 Å². The second kappa shape index (κ2) is 4.69. The maximum Gasteiger partial charge on any atom is 0.290 e. The minimum atomic E-state index is -4.34. The quantitative estimate of drug-likeness (QED) is 0.654. The fraction of sp³-hybridized carbons (Fsp3) is 0.455. The number of hydrogen-bond donors (Lipinski definition) is 3. The highest BCUT2D eigenvalue weighted by atomic mass is 32.2. The molecule has 0 aromatic rings. The number of hydrogen-bond acceptors (Lipinski definition) is 5. The summed E-state index contributed by atoms with van der Waals surface area (Å²) >= 11 is 0. The van der Waals surface area contributed by atoms with Crippen molar-refractivity contribution in [1.29, 1.82) is 0 Å². The lowest BCUT2D eigenvalue weighted by molar-refractivity contribution is 0.403. The molecule has 0 amide bonds. The zero-order valence-electron chi connectivity index (χ0n) is 10.6. The van der Waals surface area contributed by atoms with E-state index in [-0.39, 0.29) is 41.1 Å². The summed E-state index contributed by atoms with van der Waals surface area (Å²) in [5.41, 5.74) is 0.809. The van der Waals surface area contributed by atoms with Gasteiger partial charge in [-0.15, -0.1) is 0 Å². The SMILES string of the molecule is CC1=C(O)C2=C(CCC(S(=O)(=O)O)=C2)CC1S(=O)(=O)O. The van der Waals surface area contributed by atoms with E-state index >= 15 is 0 Å². The minimum absolute atomic E-state index is 0.000678. The first-order chi connectivity index (χ1) is 9.01. The molecular weight excluding hydrogens is 308 g/mol. The highest BCUT2D eigenvalue weighted by Gasteiger charge is 2.36. The lowest BCUT2D eigenvalue weighted by Gasteiger charge is -2.28. The molecule has 9 heteroatoms. The van der Waals surface area contributed by atoms with Gasteiger partial charge in [0.2, 0.25) is 0 Å². The number of rotatable bonds is 2. The molecule has 20 heavy (non-hydrogen) atoms. The van der Waals surface area contributed by atoms with E-state index in [2.05, 4.69) is 0 Å². The lowest BCUT2D eigenvalue weighted by atomic mass is 9.85. The van der Waals surface area contributed by atoms with Crippen molar-refractivity contribution in [2.75, 3.05) is 0 Å². The Morgan fingerprint density at radius 1 is 1.15 bits per heavy atom. The Bertz CT molecular complexity index is 751. The van der Waals surface area contributed by atoms with E-state index in [1.165, 1.54) is 6.92 Å². The van der Waals surface area contributed by atoms with Crippen molar-refractivity contribution in [3.05, 3.63) is 33.5 Å². The fourth-order valence-corrected chi connectivity index (χ4v) is 4.06. The second-order valence-electron chi connectivity index (χ2n) is 4.84. The molecule has 0 saturated carbocycles. The van der Waals surface area contributed by atoms with Gasteiger partial charge in [-0.05, 0) is 37.8 Å². The minimum Gasteiger partial charge on any atom is -0.507 e. The van der Waals surface area contributed by atoms with Crippen LogP contribution in [0.15, 0.2) is 33.5 Å². The molecule has 0 aliphatic heterocycles. The van der Waals surface area contributed by atoms with Gasteiger partial charge in [0.15, 0.2) is 0 Å². The Morgan fingerprint density at radius 3 is 2.25 bits per heavy atom. The Kier molecular flexibility index (Phi) is 3.57. The molecule has 112 valence electrons. The predicted octanol–water partition coefficient (Wildman–Crippen LogP) is 1.34. The second-order valence-corrected chi connectivity index (χ2v) is 7.92. The smallest absolute Gasteiger partial charge is 0.290 e. The van der Waals surface area contributed by atoms with Crippen LogP contribution in [-0.2, 0) is 20.2 Å². The van der Waals surface area contributed by atoms with Crippen molar-refractivity contribution >= 4 is 20.2 Å². The third-order valence-corrected chi connectivity index (χ3v) is 5.82. The van der Waals surface area contributed by atoms with Crippen molar-refractivity contribution < 1.29 is 31.0 Å². The summed E-state index contributed by atoms with van der Waals surface area (Å²) < 4.78 is 62.9. The van der Waals surface area contributed by atoms with E-state index in [9.17, 15) is 21.9 Å². The average molecular weight is 322 g/mol. The molecule has 2 aliphatic carbocycles. The molecule has 0 aromatic carbocycles. The molecule has 1 unspecified atom stereocenters. The maximum absolute atomic E-state index is 11.3. The summed E-state index contributed by atoms with van der Waals surface area (Å²) in [5, 5.41) is 8.79. The van der Waals surface area contributed by atoms with E-state index in [1.807, 2.05) is 0 Å². The molecule has 3 N–H and O–H groups in total. The molecule has 7 nitrogen and oxygen atoms in total. The highest BCUT2D eigenvalue weighted by molar-refractivity contribution is 7.89. The molecule has 0 bridgehead atoms. The maximum atomic E-state index is 11.3. The summed E-state index contributed by atoms with van der Waals surface area (Å²) in [4.78, 5) is -0.221. The van der Waals surface area contributed by atoms with Crippen molar-refractivity contribution in [1.82, 2.24) is 0 Å². The van der Waals surface area contributed by atoms with Gasteiger partial charge in [-0.1, -0.05) is 5.57 Å². The van der Waals surface area contributed by atoms with Crippen LogP contribution >= 0.6 is 0 Å². The first kappa shape index (κ1) is 15.2.